The predicted molar refractivity (Wildman–Crippen MR) is 138 cm³/mol. The van der Waals surface area contributed by atoms with E-state index in [1.807, 2.05) is 29.2 Å². The molecule has 0 spiro atoms. The minimum atomic E-state index is -2.75. The second kappa shape index (κ2) is 11.3. The van der Waals surface area contributed by atoms with Gasteiger partial charge in [-0.2, -0.15) is 0 Å². The molecule has 1 unspecified atom stereocenters. The molecule has 1 aliphatic rings. The molecular weight excluding hydrogens is 545 g/mol. The van der Waals surface area contributed by atoms with Crippen molar-refractivity contribution in [2.75, 3.05) is 19.6 Å². The number of alkyl halides is 2. The van der Waals surface area contributed by atoms with E-state index in [1.54, 1.807) is 0 Å². The highest BCUT2D eigenvalue weighted by molar-refractivity contribution is 7.20. The molecule has 3 heterocycles. The molecule has 0 aliphatic carbocycles. The van der Waals surface area contributed by atoms with Crippen LogP contribution in [0.15, 0.2) is 48.0 Å². The standard InChI is InChI=1S/C25H22ClF3N4O2S2/c26-15-4-3-5-16(27)20(15)24(34)30-12-18(22-21(23(28)29)31-13-36-22)33-10-8-14(9-11-33)35-25-32-17-6-1-2-7-19(17)37-25/h1-7,13-14,18,23H,8-12H2,(H,30,34). The van der Waals surface area contributed by atoms with E-state index in [-0.39, 0.29) is 28.9 Å². The fraction of sp³-hybridized carbons (Fsp3) is 0.320. The smallest absolute Gasteiger partial charge is 0.281 e. The van der Waals surface area contributed by atoms with Gasteiger partial charge in [-0.15, -0.1) is 11.3 Å². The summed E-state index contributed by atoms with van der Waals surface area (Å²) >= 11 is 8.63. The molecule has 2 aromatic heterocycles. The minimum Gasteiger partial charge on any atom is -0.467 e. The van der Waals surface area contributed by atoms with E-state index >= 15 is 0 Å². The number of carbonyl (C=O) groups is 1. The number of piperidine rings is 1. The van der Waals surface area contributed by atoms with Gasteiger partial charge in [0, 0.05) is 19.6 Å². The number of hydrogen-bond acceptors (Lipinski definition) is 7. The largest absolute Gasteiger partial charge is 0.467 e. The number of benzene rings is 2. The normalized spacial score (nSPS) is 15.8. The van der Waals surface area contributed by atoms with Gasteiger partial charge >= 0.3 is 0 Å². The van der Waals surface area contributed by atoms with Crippen LogP contribution in [0.2, 0.25) is 5.02 Å². The van der Waals surface area contributed by atoms with Crippen LogP contribution in [0, 0.1) is 5.82 Å². The van der Waals surface area contributed by atoms with Crippen molar-refractivity contribution in [3.8, 4) is 5.19 Å². The van der Waals surface area contributed by atoms with E-state index in [2.05, 4.69) is 15.3 Å². The van der Waals surface area contributed by atoms with Crippen LogP contribution in [0.4, 0.5) is 13.2 Å². The second-order valence-corrected chi connectivity index (χ2v) is 10.8. The van der Waals surface area contributed by atoms with Crippen LogP contribution in [0.1, 0.15) is 46.2 Å². The van der Waals surface area contributed by atoms with Crippen molar-refractivity contribution in [2.24, 2.45) is 0 Å². The number of nitrogens with zero attached hydrogens (tertiary/aromatic N) is 3. The molecule has 1 saturated heterocycles. The number of amides is 1. The van der Waals surface area contributed by atoms with Crippen molar-refractivity contribution in [3.05, 3.63) is 74.9 Å². The molecule has 0 saturated carbocycles. The third kappa shape index (κ3) is 5.74. The SMILES string of the molecule is O=C(NCC(c1scnc1C(F)F)N1CCC(Oc2nc3ccccc3s2)CC1)c1c(F)cccc1Cl. The predicted octanol–water partition coefficient (Wildman–Crippen LogP) is 6.50. The maximum Gasteiger partial charge on any atom is 0.281 e. The Balaban J connectivity index is 1.29. The summed E-state index contributed by atoms with van der Waals surface area (Å²) in [5.74, 6) is -1.45. The second-order valence-electron chi connectivity index (χ2n) is 8.53. The highest BCUT2D eigenvalue weighted by Crippen LogP contribution is 2.35. The summed E-state index contributed by atoms with van der Waals surface area (Å²) in [4.78, 5) is 23.5. The van der Waals surface area contributed by atoms with Gasteiger partial charge in [-0.3, -0.25) is 9.69 Å². The van der Waals surface area contributed by atoms with E-state index in [0.717, 1.165) is 27.6 Å². The Bertz CT molecular complexity index is 1340. The topological polar surface area (TPSA) is 67.4 Å². The lowest BCUT2D eigenvalue weighted by Gasteiger charge is -2.37. The number of hydrogen-bond donors (Lipinski definition) is 1. The molecule has 5 rings (SSSR count). The number of fused-ring (bicyclic) bond motifs is 1. The lowest BCUT2D eigenvalue weighted by Crippen LogP contribution is -2.44. The van der Waals surface area contributed by atoms with Crippen LogP contribution in [-0.4, -0.2) is 46.5 Å². The van der Waals surface area contributed by atoms with Gasteiger partial charge in [-0.1, -0.05) is 41.1 Å². The number of carbonyl (C=O) groups excluding carboxylic acids is 1. The average Bonchev–Trinajstić information content (AvgIpc) is 3.52. The number of ether oxygens (including phenoxy) is 1. The Morgan fingerprint density at radius 1 is 1.19 bits per heavy atom. The van der Waals surface area contributed by atoms with Crippen LogP contribution < -0.4 is 10.1 Å². The van der Waals surface area contributed by atoms with Crippen LogP contribution in [-0.2, 0) is 0 Å². The quantitative estimate of drug-likeness (QED) is 0.264. The Kier molecular flexibility index (Phi) is 7.94. The first-order chi connectivity index (χ1) is 17.9. The van der Waals surface area contributed by atoms with Gasteiger partial charge in [-0.25, -0.2) is 23.1 Å². The summed E-state index contributed by atoms with van der Waals surface area (Å²) in [6.07, 6.45) is -1.51. The van der Waals surface area contributed by atoms with Gasteiger partial charge in [0.25, 0.3) is 17.5 Å². The maximum absolute atomic E-state index is 14.2. The molecule has 0 bridgehead atoms. The minimum absolute atomic E-state index is 0.00516. The first-order valence-corrected chi connectivity index (χ1v) is 13.7. The Hall–Kier alpha value is -2.73. The molecule has 0 radical (unpaired) electrons. The zero-order chi connectivity index (χ0) is 25.9. The van der Waals surface area contributed by atoms with Crippen molar-refractivity contribution in [2.45, 2.75) is 31.4 Å². The average molecular weight is 567 g/mol. The van der Waals surface area contributed by atoms with E-state index in [1.165, 1.54) is 29.0 Å². The molecule has 6 nitrogen and oxygen atoms in total. The molecule has 2 aromatic carbocycles. The number of halogens is 4. The van der Waals surface area contributed by atoms with Crippen LogP contribution in [0.25, 0.3) is 10.2 Å². The van der Waals surface area contributed by atoms with Gasteiger partial charge in [0.2, 0.25) is 0 Å². The molecule has 1 atom stereocenters. The van der Waals surface area contributed by atoms with Crippen molar-refractivity contribution in [1.29, 1.82) is 0 Å². The highest BCUT2D eigenvalue weighted by Gasteiger charge is 2.32. The van der Waals surface area contributed by atoms with Gasteiger partial charge < -0.3 is 10.1 Å². The third-order valence-corrected chi connectivity index (χ3v) is 8.43. The lowest BCUT2D eigenvalue weighted by atomic mass is 10.0. The van der Waals surface area contributed by atoms with Gasteiger partial charge in [-0.05, 0) is 37.1 Å². The third-order valence-electron chi connectivity index (χ3n) is 6.24. The number of rotatable bonds is 8. The number of likely N-dealkylation sites (tertiary alicyclic amines) is 1. The fourth-order valence-electron chi connectivity index (χ4n) is 4.41. The summed E-state index contributed by atoms with van der Waals surface area (Å²) in [5, 5.41) is 3.27. The molecular formula is C25H22ClF3N4O2S2. The molecule has 12 heteroatoms. The first kappa shape index (κ1) is 25.9. The fourth-order valence-corrected chi connectivity index (χ4v) is 6.47. The molecule has 1 fully saturated rings. The Morgan fingerprint density at radius 2 is 1.97 bits per heavy atom. The number of nitrogens with one attached hydrogen (secondary N) is 1. The highest BCUT2D eigenvalue weighted by atomic mass is 35.5. The Morgan fingerprint density at radius 3 is 2.70 bits per heavy atom. The van der Waals surface area contributed by atoms with Gasteiger partial charge in [0.05, 0.1) is 37.2 Å². The van der Waals surface area contributed by atoms with Crippen LogP contribution in [0.3, 0.4) is 0 Å². The van der Waals surface area contributed by atoms with Gasteiger partial charge in [0.1, 0.15) is 17.6 Å². The molecule has 4 aromatic rings. The van der Waals surface area contributed by atoms with Gasteiger partial charge in [0.15, 0.2) is 0 Å². The van der Waals surface area contributed by atoms with Crippen molar-refractivity contribution >= 4 is 50.4 Å². The van der Waals surface area contributed by atoms with Crippen molar-refractivity contribution < 1.29 is 22.7 Å². The first-order valence-electron chi connectivity index (χ1n) is 11.6. The monoisotopic (exact) mass is 566 g/mol. The van der Waals surface area contributed by atoms with E-state index in [0.29, 0.717) is 36.0 Å². The summed E-state index contributed by atoms with van der Waals surface area (Å²) in [5.41, 5.74) is 1.68. The number of para-hydroxylation sites is 1. The number of thiazole rings is 2. The summed E-state index contributed by atoms with van der Waals surface area (Å²) in [6, 6.07) is 11.2. The lowest BCUT2D eigenvalue weighted by molar-refractivity contribution is 0.0702. The zero-order valence-electron chi connectivity index (χ0n) is 19.4. The zero-order valence-corrected chi connectivity index (χ0v) is 21.8. The maximum atomic E-state index is 14.2. The van der Waals surface area contributed by atoms with Crippen molar-refractivity contribution in [1.82, 2.24) is 20.2 Å². The number of aromatic nitrogens is 2. The molecule has 1 N–H and O–H groups in total. The van der Waals surface area contributed by atoms with E-state index in [9.17, 15) is 18.0 Å². The van der Waals surface area contributed by atoms with E-state index in [4.69, 9.17) is 16.3 Å². The summed E-state index contributed by atoms with van der Waals surface area (Å²) in [6.45, 7) is 1.10. The summed E-state index contributed by atoms with van der Waals surface area (Å²) in [7, 11) is 0. The van der Waals surface area contributed by atoms with Crippen LogP contribution in [0.5, 0.6) is 5.19 Å². The molecule has 194 valence electrons. The van der Waals surface area contributed by atoms with Crippen LogP contribution >= 0.6 is 34.3 Å². The van der Waals surface area contributed by atoms with Crippen molar-refractivity contribution in [3.63, 3.8) is 0 Å². The molecule has 1 amide bonds. The molecule has 1 aliphatic heterocycles. The Labute approximate surface area is 224 Å². The van der Waals surface area contributed by atoms with E-state index < -0.39 is 24.2 Å². The summed E-state index contributed by atoms with van der Waals surface area (Å²) < 4.78 is 48.8. The molecule has 37 heavy (non-hydrogen) atoms.